The number of benzene rings is 1. The number of nitrogen functional groups attached to an aromatic ring is 1. The summed E-state index contributed by atoms with van der Waals surface area (Å²) in [6.07, 6.45) is 1.76. The lowest BCUT2D eigenvalue weighted by molar-refractivity contribution is -0.118. The number of nitrogens with two attached hydrogens (primary N) is 1. The van der Waals surface area contributed by atoms with E-state index in [-0.39, 0.29) is 17.3 Å². The van der Waals surface area contributed by atoms with Gasteiger partial charge in [-0.3, -0.25) is 4.79 Å². The summed E-state index contributed by atoms with van der Waals surface area (Å²) in [5.41, 5.74) is 8.41. The van der Waals surface area contributed by atoms with E-state index in [0.717, 1.165) is 28.6 Å². The third-order valence-electron chi connectivity index (χ3n) is 5.26. The highest BCUT2D eigenvalue weighted by Crippen LogP contribution is 2.41. The Morgan fingerprint density at radius 3 is 2.90 bits per heavy atom. The molecule has 1 aliphatic heterocycles. The fraction of sp³-hybridized carbons (Fsp3) is 0.381. The maximum absolute atomic E-state index is 12.2. The minimum absolute atomic E-state index is 0.0568. The van der Waals surface area contributed by atoms with Gasteiger partial charge in [-0.1, -0.05) is 49.0 Å². The van der Waals surface area contributed by atoms with Crippen LogP contribution in [0.15, 0.2) is 35.5 Å². The number of anilines is 1. The van der Waals surface area contributed by atoms with Crippen molar-refractivity contribution >= 4 is 45.0 Å². The second kappa shape index (κ2) is 8.30. The van der Waals surface area contributed by atoms with E-state index in [1.165, 1.54) is 22.2 Å². The number of ether oxygens (including phenoxy) is 1. The Bertz CT molecular complexity index is 1040. The average Bonchev–Trinajstić information content (AvgIpc) is 3.09. The highest BCUT2D eigenvalue weighted by molar-refractivity contribution is 7.99. The van der Waals surface area contributed by atoms with Crippen molar-refractivity contribution in [3.05, 3.63) is 46.3 Å². The summed E-state index contributed by atoms with van der Waals surface area (Å²) in [4.78, 5) is 23.3. The van der Waals surface area contributed by atoms with Crippen molar-refractivity contribution in [3.8, 4) is 0 Å². The molecular formula is C21H24N4O2S2. The van der Waals surface area contributed by atoms with Gasteiger partial charge in [-0.2, -0.15) is 0 Å². The van der Waals surface area contributed by atoms with Crippen LogP contribution in [-0.4, -0.2) is 27.2 Å². The quantitative estimate of drug-likeness (QED) is 0.457. The van der Waals surface area contributed by atoms with Crippen LogP contribution in [-0.2, 0) is 29.1 Å². The van der Waals surface area contributed by atoms with Gasteiger partial charge in [0.1, 0.15) is 10.6 Å². The summed E-state index contributed by atoms with van der Waals surface area (Å²) >= 11 is 2.92. The molecule has 6 nitrogen and oxygen atoms in total. The first kappa shape index (κ1) is 20.1. The van der Waals surface area contributed by atoms with Crippen molar-refractivity contribution in [2.24, 2.45) is 0 Å². The van der Waals surface area contributed by atoms with Gasteiger partial charge in [0.2, 0.25) is 5.91 Å². The highest BCUT2D eigenvalue weighted by Gasteiger charge is 2.33. The molecule has 3 heterocycles. The first-order valence-corrected chi connectivity index (χ1v) is 11.4. The van der Waals surface area contributed by atoms with Crippen molar-refractivity contribution in [2.45, 2.75) is 50.6 Å². The zero-order chi connectivity index (χ0) is 20.4. The molecule has 1 aliphatic rings. The molecule has 0 saturated heterocycles. The molecule has 4 rings (SSSR count). The lowest BCUT2D eigenvalue weighted by Gasteiger charge is -2.33. The molecule has 0 bridgehead atoms. The van der Waals surface area contributed by atoms with Gasteiger partial charge in [0, 0.05) is 17.8 Å². The summed E-state index contributed by atoms with van der Waals surface area (Å²) < 4.78 is 6.05. The second-order valence-corrected chi connectivity index (χ2v) is 9.42. The number of hydrogen-bond acceptors (Lipinski definition) is 7. The third kappa shape index (κ3) is 4.39. The fourth-order valence-corrected chi connectivity index (χ4v) is 5.20. The van der Waals surface area contributed by atoms with Crippen LogP contribution in [0.1, 0.15) is 36.3 Å². The molecule has 3 aromatic rings. The Labute approximate surface area is 178 Å². The molecule has 0 spiro atoms. The molecule has 2 aromatic heterocycles. The number of nitrogens with one attached hydrogen (secondary N) is 1. The van der Waals surface area contributed by atoms with Crippen molar-refractivity contribution < 1.29 is 9.53 Å². The van der Waals surface area contributed by atoms with Gasteiger partial charge in [0.15, 0.2) is 5.16 Å². The van der Waals surface area contributed by atoms with Gasteiger partial charge >= 0.3 is 0 Å². The van der Waals surface area contributed by atoms with Gasteiger partial charge < -0.3 is 15.8 Å². The zero-order valence-electron chi connectivity index (χ0n) is 16.5. The summed E-state index contributed by atoms with van der Waals surface area (Å²) in [6.45, 7) is 5.37. The van der Waals surface area contributed by atoms with E-state index in [0.29, 0.717) is 24.1 Å². The Kier molecular flexibility index (Phi) is 5.76. The number of thioether (sulfide) groups is 1. The summed E-state index contributed by atoms with van der Waals surface area (Å²) in [5, 5.41) is 4.40. The van der Waals surface area contributed by atoms with E-state index in [1.807, 2.05) is 30.3 Å². The van der Waals surface area contributed by atoms with Crippen molar-refractivity contribution in [3.63, 3.8) is 0 Å². The molecule has 1 unspecified atom stereocenters. The number of carbonyl (C=O) groups is 1. The van der Waals surface area contributed by atoms with Gasteiger partial charge in [-0.05, 0) is 24.5 Å². The molecule has 152 valence electrons. The van der Waals surface area contributed by atoms with Crippen molar-refractivity contribution in [2.75, 3.05) is 11.5 Å². The molecule has 1 atom stereocenters. The maximum atomic E-state index is 12.2. The number of fused-ring (bicyclic) bond motifs is 3. The first-order chi connectivity index (χ1) is 14.0. The Morgan fingerprint density at radius 1 is 1.34 bits per heavy atom. The molecular weight excluding hydrogens is 404 g/mol. The van der Waals surface area contributed by atoms with Crippen LogP contribution in [0.25, 0.3) is 10.2 Å². The van der Waals surface area contributed by atoms with E-state index < -0.39 is 0 Å². The first-order valence-electron chi connectivity index (χ1n) is 9.62. The third-order valence-corrected chi connectivity index (χ3v) is 7.20. The summed E-state index contributed by atoms with van der Waals surface area (Å²) in [6, 6.07) is 9.83. The smallest absolute Gasteiger partial charge is 0.230 e. The van der Waals surface area contributed by atoms with Crippen LogP contribution >= 0.6 is 23.1 Å². The maximum Gasteiger partial charge on any atom is 0.230 e. The number of nitrogens with zero attached hydrogens (tertiary/aromatic N) is 2. The van der Waals surface area contributed by atoms with Gasteiger partial charge in [-0.25, -0.2) is 9.97 Å². The number of hydrogen-bond donors (Lipinski definition) is 2. The summed E-state index contributed by atoms with van der Waals surface area (Å²) in [5.74, 6) is 0.679. The van der Waals surface area contributed by atoms with E-state index >= 15 is 0 Å². The molecule has 0 aliphatic carbocycles. The largest absolute Gasteiger partial charge is 0.383 e. The van der Waals surface area contributed by atoms with Crippen LogP contribution < -0.4 is 11.1 Å². The molecule has 0 radical (unpaired) electrons. The molecule has 8 heteroatoms. The topological polar surface area (TPSA) is 90.1 Å². The predicted octanol–water partition coefficient (Wildman–Crippen LogP) is 3.92. The number of thiophene rings is 1. The summed E-state index contributed by atoms with van der Waals surface area (Å²) in [7, 11) is 0. The Balaban J connectivity index is 1.45. The molecule has 0 saturated carbocycles. The average molecular weight is 429 g/mol. The van der Waals surface area contributed by atoms with Crippen molar-refractivity contribution in [1.29, 1.82) is 0 Å². The normalized spacial score (nSPS) is 18.6. The standard InChI is InChI=1S/C21H24N4O2S2/c1-3-21(2)9-14-15(11-27-21)29-19-17(14)18(22)24-20(25-19)28-12-16(26)23-10-13-7-5-4-6-8-13/h4-8H,3,9-12H2,1-2H3,(H,23,26)(H2,22,24,25). The van der Waals surface area contributed by atoms with E-state index in [9.17, 15) is 4.79 Å². The fourth-order valence-electron chi connectivity index (χ4n) is 3.35. The monoisotopic (exact) mass is 428 g/mol. The number of amides is 1. The van der Waals surface area contributed by atoms with Gasteiger partial charge in [0.25, 0.3) is 0 Å². The Hall–Kier alpha value is -2.16. The van der Waals surface area contributed by atoms with Crippen LogP contribution in [0.4, 0.5) is 5.82 Å². The SMILES string of the molecule is CCC1(C)Cc2c(sc3nc(SCC(=O)NCc4ccccc4)nc(N)c23)CO1. The van der Waals surface area contributed by atoms with Crippen LogP contribution in [0, 0.1) is 0 Å². The minimum atomic E-state index is -0.169. The van der Waals surface area contributed by atoms with E-state index in [1.54, 1.807) is 11.3 Å². The molecule has 1 aromatic carbocycles. The van der Waals surface area contributed by atoms with Crippen molar-refractivity contribution in [1.82, 2.24) is 15.3 Å². The lowest BCUT2D eigenvalue weighted by atomic mass is 9.90. The van der Waals surface area contributed by atoms with Crippen LogP contribution in [0.3, 0.4) is 0 Å². The Morgan fingerprint density at radius 2 is 2.14 bits per heavy atom. The van der Waals surface area contributed by atoms with E-state index in [4.69, 9.17) is 10.5 Å². The molecule has 3 N–H and O–H groups in total. The number of rotatable bonds is 6. The second-order valence-electron chi connectivity index (χ2n) is 7.40. The number of aromatic nitrogens is 2. The zero-order valence-corrected chi connectivity index (χ0v) is 18.2. The lowest BCUT2D eigenvalue weighted by Crippen LogP contribution is -2.33. The van der Waals surface area contributed by atoms with Gasteiger partial charge in [-0.15, -0.1) is 11.3 Å². The molecule has 0 fully saturated rings. The number of carbonyl (C=O) groups excluding carboxylic acids is 1. The minimum Gasteiger partial charge on any atom is -0.383 e. The predicted molar refractivity (Wildman–Crippen MR) is 118 cm³/mol. The van der Waals surface area contributed by atoms with Gasteiger partial charge in [0.05, 0.1) is 23.3 Å². The highest BCUT2D eigenvalue weighted by atomic mass is 32.2. The molecule has 1 amide bonds. The van der Waals surface area contributed by atoms with E-state index in [2.05, 4.69) is 29.1 Å². The van der Waals surface area contributed by atoms with Crippen LogP contribution in [0.5, 0.6) is 0 Å². The van der Waals surface area contributed by atoms with Crippen LogP contribution in [0.2, 0.25) is 0 Å². The molecule has 29 heavy (non-hydrogen) atoms.